The monoisotopic (exact) mass is 278 g/mol. The first-order valence-corrected chi connectivity index (χ1v) is 6.84. The molecule has 0 aliphatic rings. The van der Waals surface area contributed by atoms with E-state index < -0.39 is 0 Å². The van der Waals surface area contributed by atoms with Gasteiger partial charge in [-0.1, -0.05) is 18.2 Å². The zero-order valence-electron chi connectivity index (χ0n) is 10.7. The summed E-state index contributed by atoms with van der Waals surface area (Å²) in [6.45, 7) is 1.93. The molecule has 0 N–H and O–H groups in total. The maximum Gasteiger partial charge on any atom is 0.193 e. The minimum atomic E-state index is 0.540. The van der Waals surface area contributed by atoms with E-state index in [-0.39, 0.29) is 0 Å². The Morgan fingerprint density at radius 1 is 1.15 bits per heavy atom. The van der Waals surface area contributed by atoms with Gasteiger partial charge in [0.2, 0.25) is 0 Å². The van der Waals surface area contributed by atoms with Crippen molar-refractivity contribution in [3.8, 4) is 6.07 Å². The maximum absolute atomic E-state index is 9.26. The van der Waals surface area contributed by atoms with E-state index in [9.17, 15) is 5.26 Å². The van der Waals surface area contributed by atoms with Gasteiger partial charge in [-0.15, -0.1) is 0 Å². The van der Waals surface area contributed by atoms with Crippen molar-refractivity contribution in [2.24, 2.45) is 0 Å². The molecule has 3 rings (SSSR count). The topological polar surface area (TPSA) is 62.5 Å². The van der Waals surface area contributed by atoms with E-state index in [1.54, 1.807) is 12.4 Å². The lowest BCUT2D eigenvalue weighted by Crippen LogP contribution is -1.92. The summed E-state index contributed by atoms with van der Waals surface area (Å²) in [5, 5.41) is 11.4. The van der Waals surface area contributed by atoms with Crippen LogP contribution in [0.15, 0.2) is 52.9 Å². The third-order valence-electron chi connectivity index (χ3n) is 2.75. The number of benzene rings is 1. The summed E-state index contributed by atoms with van der Waals surface area (Å²) >= 11 is 1.31. The number of hydrogen-bond acceptors (Lipinski definition) is 5. The minimum Gasteiger partial charge on any atom is -0.240 e. The fraction of sp³-hybridized carbons (Fsp3) is 0.0667. The molecule has 0 amide bonds. The highest BCUT2D eigenvalue weighted by Crippen LogP contribution is 2.28. The van der Waals surface area contributed by atoms with E-state index in [0.717, 1.165) is 16.5 Å². The summed E-state index contributed by atoms with van der Waals surface area (Å²) in [5.41, 5.74) is 2.40. The molecule has 5 heteroatoms. The molecule has 0 bridgehead atoms. The number of nitrogens with zero attached hydrogens (tertiary/aromatic N) is 4. The smallest absolute Gasteiger partial charge is 0.193 e. The summed E-state index contributed by atoms with van der Waals surface area (Å²) in [5.74, 6) is 0. The average molecular weight is 278 g/mol. The molecule has 96 valence electrons. The molecule has 0 radical (unpaired) electrons. The number of hydrogen-bond donors (Lipinski definition) is 0. The predicted molar refractivity (Wildman–Crippen MR) is 77.4 cm³/mol. The van der Waals surface area contributed by atoms with Crippen LogP contribution in [0.2, 0.25) is 0 Å². The van der Waals surface area contributed by atoms with Crippen LogP contribution in [0.25, 0.3) is 10.9 Å². The molecule has 1 aromatic carbocycles. The van der Waals surface area contributed by atoms with Crippen molar-refractivity contribution in [3.05, 3.63) is 53.9 Å². The number of fused-ring (bicyclic) bond motifs is 1. The third-order valence-corrected chi connectivity index (χ3v) is 3.65. The van der Waals surface area contributed by atoms with Crippen molar-refractivity contribution < 1.29 is 0 Å². The van der Waals surface area contributed by atoms with Gasteiger partial charge >= 0.3 is 0 Å². The van der Waals surface area contributed by atoms with Gasteiger partial charge in [0, 0.05) is 17.8 Å². The standard InChI is InChI=1S/C15H10N4S/c1-10-8-17-15(18-9-10)20-14-12(7-16)6-11-4-2-3-5-13(11)19-14/h2-6,8-9H,1H3. The molecule has 0 saturated heterocycles. The maximum atomic E-state index is 9.26. The zero-order valence-corrected chi connectivity index (χ0v) is 11.6. The average Bonchev–Trinajstić information content (AvgIpc) is 2.49. The second-order valence-corrected chi connectivity index (χ2v) is 5.25. The summed E-state index contributed by atoms with van der Waals surface area (Å²) in [7, 11) is 0. The van der Waals surface area contributed by atoms with E-state index in [1.807, 2.05) is 37.3 Å². The van der Waals surface area contributed by atoms with Crippen molar-refractivity contribution in [3.63, 3.8) is 0 Å². The Bertz CT molecular complexity index is 806. The first-order valence-electron chi connectivity index (χ1n) is 6.02. The number of aryl methyl sites for hydroxylation is 1. The highest BCUT2D eigenvalue weighted by molar-refractivity contribution is 7.99. The van der Waals surface area contributed by atoms with E-state index in [2.05, 4.69) is 21.0 Å². The molecule has 2 heterocycles. The van der Waals surface area contributed by atoms with Gasteiger partial charge in [-0.25, -0.2) is 15.0 Å². The summed E-state index contributed by atoms with van der Waals surface area (Å²) in [6, 6.07) is 11.8. The normalized spacial score (nSPS) is 10.4. The first-order chi connectivity index (χ1) is 9.76. The Kier molecular flexibility index (Phi) is 3.32. The van der Waals surface area contributed by atoms with E-state index >= 15 is 0 Å². The second-order valence-electron chi connectivity index (χ2n) is 4.29. The van der Waals surface area contributed by atoms with E-state index in [0.29, 0.717) is 15.7 Å². The lowest BCUT2D eigenvalue weighted by molar-refractivity contribution is 0.945. The van der Waals surface area contributed by atoms with Crippen LogP contribution in [0, 0.1) is 18.3 Å². The molecule has 0 aliphatic heterocycles. The Hall–Kier alpha value is -2.45. The largest absolute Gasteiger partial charge is 0.240 e. The fourth-order valence-corrected chi connectivity index (χ4v) is 2.52. The van der Waals surface area contributed by atoms with Gasteiger partial charge in [-0.2, -0.15) is 5.26 Å². The number of rotatable bonds is 2. The molecule has 0 unspecified atom stereocenters. The first kappa shape index (κ1) is 12.6. The van der Waals surface area contributed by atoms with Crippen LogP contribution in [0.3, 0.4) is 0 Å². The van der Waals surface area contributed by atoms with Gasteiger partial charge in [0.05, 0.1) is 11.1 Å². The molecule has 0 spiro atoms. The van der Waals surface area contributed by atoms with Crippen LogP contribution in [0.4, 0.5) is 0 Å². The summed E-state index contributed by atoms with van der Waals surface area (Å²) in [6.07, 6.45) is 3.50. The van der Waals surface area contributed by atoms with Gasteiger partial charge in [-0.05, 0) is 36.4 Å². The number of pyridine rings is 1. The second kappa shape index (κ2) is 5.27. The summed E-state index contributed by atoms with van der Waals surface area (Å²) in [4.78, 5) is 13.0. The van der Waals surface area contributed by atoms with Crippen molar-refractivity contribution in [2.45, 2.75) is 17.1 Å². The van der Waals surface area contributed by atoms with Crippen molar-refractivity contribution in [1.29, 1.82) is 5.26 Å². The van der Waals surface area contributed by atoms with Crippen molar-refractivity contribution >= 4 is 22.7 Å². The highest BCUT2D eigenvalue weighted by atomic mass is 32.2. The van der Waals surface area contributed by atoms with E-state index in [1.165, 1.54) is 11.8 Å². The van der Waals surface area contributed by atoms with Crippen LogP contribution >= 0.6 is 11.8 Å². The van der Waals surface area contributed by atoms with Crippen LogP contribution in [0.1, 0.15) is 11.1 Å². The quantitative estimate of drug-likeness (QED) is 0.673. The Morgan fingerprint density at radius 2 is 1.90 bits per heavy atom. The molecule has 2 aromatic heterocycles. The van der Waals surface area contributed by atoms with Gasteiger partial charge in [0.1, 0.15) is 11.1 Å². The molecular formula is C15H10N4S. The fourth-order valence-electron chi connectivity index (χ4n) is 1.78. The van der Waals surface area contributed by atoms with Gasteiger partial charge < -0.3 is 0 Å². The molecule has 0 saturated carbocycles. The Morgan fingerprint density at radius 3 is 2.65 bits per heavy atom. The molecule has 20 heavy (non-hydrogen) atoms. The highest BCUT2D eigenvalue weighted by Gasteiger charge is 2.09. The number of nitriles is 1. The molecule has 3 aromatic rings. The third kappa shape index (κ3) is 2.46. The Balaban J connectivity index is 2.06. The minimum absolute atomic E-state index is 0.540. The van der Waals surface area contributed by atoms with Crippen LogP contribution in [0.5, 0.6) is 0 Å². The molecular weight excluding hydrogens is 268 g/mol. The lowest BCUT2D eigenvalue weighted by atomic mass is 10.2. The number of aromatic nitrogens is 3. The SMILES string of the molecule is Cc1cnc(Sc2nc3ccccc3cc2C#N)nc1. The van der Waals surface area contributed by atoms with Gasteiger partial charge in [-0.3, -0.25) is 0 Å². The molecule has 0 fully saturated rings. The lowest BCUT2D eigenvalue weighted by Gasteiger charge is -2.04. The van der Waals surface area contributed by atoms with E-state index in [4.69, 9.17) is 0 Å². The molecule has 4 nitrogen and oxygen atoms in total. The van der Waals surface area contributed by atoms with Crippen LogP contribution in [-0.2, 0) is 0 Å². The van der Waals surface area contributed by atoms with Crippen LogP contribution in [-0.4, -0.2) is 15.0 Å². The van der Waals surface area contributed by atoms with Gasteiger partial charge in [0.15, 0.2) is 5.16 Å². The van der Waals surface area contributed by atoms with Gasteiger partial charge in [0.25, 0.3) is 0 Å². The zero-order chi connectivity index (χ0) is 13.9. The summed E-state index contributed by atoms with van der Waals surface area (Å²) < 4.78 is 0. The van der Waals surface area contributed by atoms with Crippen molar-refractivity contribution in [1.82, 2.24) is 15.0 Å². The van der Waals surface area contributed by atoms with Crippen LogP contribution < -0.4 is 0 Å². The molecule has 0 atom stereocenters. The molecule has 0 aliphatic carbocycles. The Labute approximate surface area is 120 Å². The predicted octanol–water partition coefficient (Wildman–Crippen LogP) is 3.36. The number of para-hydroxylation sites is 1. The van der Waals surface area contributed by atoms with Crippen molar-refractivity contribution in [2.75, 3.05) is 0 Å².